The van der Waals surface area contributed by atoms with Gasteiger partial charge in [0.25, 0.3) is 0 Å². The molecule has 2 aromatic carbocycles. The largest absolute Gasteiger partial charge is 0.433 e. The number of rotatable bonds is 10. The molecule has 0 aliphatic heterocycles. The maximum Gasteiger partial charge on any atom is 0.433 e. The number of H-pyrrole nitrogens is 1. The molecule has 1 aliphatic carbocycles. The number of nitrogens with one attached hydrogen (secondary N) is 3. The monoisotopic (exact) mass is 606 g/mol. The zero-order valence-corrected chi connectivity index (χ0v) is 23.8. The highest BCUT2D eigenvalue weighted by Crippen LogP contribution is 2.35. The van der Waals surface area contributed by atoms with E-state index < -0.39 is 23.8 Å². The van der Waals surface area contributed by atoms with Gasteiger partial charge in [-0.1, -0.05) is 30.3 Å². The quantitative estimate of drug-likeness (QED) is 0.203. The highest BCUT2D eigenvalue weighted by atomic mass is 19.4. The minimum absolute atomic E-state index is 0.0634. The Morgan fingerprint density at radius 3 is 2.41 bits per heavy atom. The molecule has 230 valence electrons. The predicted molar refractivity (Wildman–Crippen MR) is 158 cm³/mol. The van der Waals surface area contributed by atoms with Gasteiger partial charge in [-0.05, 0) is 90.7 Å². The van der Waals surface area contributed by atoms with Gasteiger partial charge >= 0.3 is 6.18 Å². The third-order valence-electron chi connectivity index (χ3n) is 7.94. The van der Waals surface area contributed by atoms with E-state index in [1.54, 1.807) is 48.5 Å². The molecule has 5 rings (SSSR count). The van der Waals surface area contributed by atoms with E-state index in [-0.39, 0.29) is 30.2 Å². The number of aromatic nitrogens is 5. The normalized spacial score (nSPS) is 17.5. The summed E-state index contributed by atoms with van der Waals surface area (Å²) in [5.74, 6) is 0.366. The van der Waals surface area contributed by atoms with Crippen molar-refractivity contribution in [3.05, 3.63) is 78.1 Å². The number of hydrogen-bond donors (Lipinski definition) is 4. The van der Waals surface area contributed by atoms with Gasteiger partial charge in [0, 0.05) is 35.9 Å². The maximum atomic E-state index is 13.7. The average Bonchev–Trinajstić information content (AvgIpc) is 3.56. The molecule has 1 saturated carbocycles. The third-order valence-corrected chi connectivity index (χ3v) is 7.94. The summed E-state index contributed by atoms with van der Waals surface area (Å²) in [7, 11) is 0. The molecule has 10 nitrogen and oxygen atoms in total. The molecule has 2 heterocycles. The average molecular weight is 607 g/mol. The van der Waals surface area contributed by atoms with E-state index in [2.05, 4.69) is 36.2 Å². The van der Waals surface area contributed by atoms with Crippen LogP contribution in [0.2, 0.25) is 0 Å². The molecule has 0 saturated heterocycles. The highest BCUT2D eigenvalue weighted by molar-refractivity contribution is 5.97. The van der Waals surface area contributed by atoms with Crippen molar-refractivity contribution in [2.75, 3.05) is 11.9 Å². The maximum absolute atomic E-state index is 13.7. The Hall–Kier alpha value is -4.65. The molecule has 44 heavy (non-hydrogen) atoms. The van der Waals surface area contributed by atoms with Crippen molar-refractivity contribution >= 4 is 17.5 Å². The van der Waals surface area contributed by atoms with E-state index in [0.29, 0.717) is 40.7 Å². The number of aromatic amines is 1. The first-order valence-electron chi connectivity index (χ1n) is 14.4. The number of nitrogens with zero attached hydrogens (tertiary/aromatic N) is 4. The standard InChI is InChI=1S/C31H33F3N8O2/c32-31(33,34)28-25(5-2-14-36-28)23-4-1-3-21(15-23)16-26(38-27(43)17-19-6-8-20(18-35)9-7-19)30(44)37-24-12-10-22(11-13-24)29-39-41-42-40-29/h1-5,10-15,19-20,26H,6-9,16-18,35H2,(H,37,44)(H,38,43)(H,39,40,41,42)/t19?,20?,26-/m0/s1. The lowest BCUT2D eigenvalue weighted by Gasteiger charge is -2.28. The van der Waals surface area contributed by atoms with Crippen LogP contribution in [-0.4, -0.2) is 50.0 Å². The second-order valence-electron chi connectivity index (χ2n) is 11.1. The van der Waals surface area contributed by atoms with Crippen molar-refractivity contribution < 1.29 is 22.8 Å². The summed E-state index contributed by atoms with van der Waals surface area (Å²) < 4.78 is 41.0. The van der Waals surface area contributed by atoms with Crippen LogP contribution in [0.1, 0.15) is 43.4 Å². The van der Waals surface area contributed by atoms with Crippen molar-refractivity contribution in [2.24, 2.45) is 17.6 Å². The summed E-state index contributed by atoms with van der Waals surface area (Å²) in [5, 5.41) is 19.5. The Morgan fingerprint density at radius 2 is 1.73 bits per heavy atom. The Balaban J connectivity index is 1.34. The molecule has 0 bridgehead atoms. The van der Waals surface area contributed by atoms with E-state index in [0.717, 1.165) is 31.9 Å². The number of hydrogen-bond acceptors (Lipinski definition) is 7. The fourth-order valence-corrected chi connectivity index (χ4v) is 5.58. The molecule has 5 N–H and O–H groups in total. The smallest absolute Gasteiger partial charge is 0.344 e. The van der Waals surface area contributed by atoms with Gasteiger partial charge in [-0.15, -0.1) is 10.2 Å². The summed E-state index contributed by atoms with van der Waals surface area (Å²) >= 11 is 0. The van der Waals surface area contributed by atoms with Crippen molar-refractivity contribution in [3.63, 3.8) is 0 Å². The lowest BCUT2D eigenvalue weighted by Crippen LogP contribution is -2.45. The fraction of sp³-hybridized carbons (Fsp3) is 0.355. The molecule has 1 fully saturated rings. The molecule has 0 unspecified atom stereocenters. The van der Waals surface area contributed by atoms with E-state index >= 15 is 0 Å². The molecule has 1 atom stereocenters. The Bertz CT molecular complexity index is 1550. The summed E-state index contributed by atoms with van der Waals surface area (Å²) in [5.41, 5.74) is 6.81. The number of nitrogens with two attached hydrogens (primary N) is 1. The summed E-state index contributed by atoms with van der Waals surface area (Å²) in [4.78, 5) is 30.3. The van der Waals surface area contributed by atoms with Gasteiger partial charge in [-0.3, -0.25) is 14.6 Å². The number of pyridine rings is 1. The van der Waals surface area contributed by atoms with Gasteiger partial charge in [-0.25, -0.2) is 0 Å². The second-order valence-corrected chi connectivity index (χ2v) is 11.1. The Morgan fingerprint density at radius 1 is 0.977 bits per heavy atom. The van der Waals surface area contributed by atoms with Crippen LogP contribution in [-0.2, 0) is 22.2 Å². The van der Waals surface area contributed by atoms with Crippen molar-refractivity contribution in [1.29, 1.82) is 0 Å². The number of halogens is 3. The van der Waals surface area contributed by atoms with Crippen LogP contribution >= 0.6 is 0 Å². The predicted octanol–water partition coefficient (Wildman–Crippen LogP) is 4.77. The first kappa shape index (κ1) is 30.8. The van der Waals surface area contributed by atoms with Crippen LogP contribution in [0.15, 0.2) is 66.9 Å². The number of amides is 2. The second kappa shape index (κ2) is 13.8. The van der Waals surface area contributed by atoms with Crippen molar-refractivity contribution in [1.82, 2.24) is 30.9 Å². The van der Waals surface area contributed by atoms with Gasteiger partial charge < -0.3 is 16.4 Å². The van der Waals surface area contributed by atoms with Crippen LogP contribution in [0.4, 0.5) is 18.9 Å². The summed E-state index contributed by atoms with van der Waals surface area (Å²) in [6.07, 6.45) is 0.549. The van der Waals surface area contributed by atoms with Gasteiger partial charge in [0.2, 0.25) is 17.6 Å². The first-order chi connectivity index (χ1) is 21.2. The fourth-order valence-electron chi connectivity index (χ4n) is 5.58. The minimum atomic E-state index is -4.63. The molecule has 0 radical (unpaired) electrons. The number of carbonyl (C=O) groups excluding carboxylic acids is 2. The van der Waals surface area contributed by atoms with E-state index in [9.17, 15) is 22.8 Å². The first-order valence-corrected chi connectivity index (χ1v) is 14.4. The van der Waals surface area contributed by atoms with Gasteiger partial charge in [0.05, 0.1) is 0 Å². The molecule has 2 aromatic heterocycles. The molecule has 2 amide bonds. The van der Waals surface area contributed by atoms with Crippen LogP contribution in [0.5, 0.6) is 0 Å². The molecule has 13 heteroatoms. The number of tetrazole rings is 1. The molecule has 0 spiro atoms. The van der Waals surface area contributed by atoms with E-state index in [1.165, 1.54) is 12.1 Å². The summed E-state index contributed by atoms with van der Waals surface area (Å²) in [6, 6.07) is 15.1. The SMILES string of the molecule is NCC1CCC(CC(=O)N[C@@H](Cc2cccc(-c3cccnc3C(F)(F)F)c2)C(=O)Nc2ccc(-c3nn[nH]n3)cc2)CC1. The zero-order chi connectivity index (χ0) is 31.1. The zero-order valence-electron chi connectivity index (χ0n) is 23.8. The topological polar surface area (TPSA) is 152 Å². The highest BCUT2D eigenvalue weighted by Gasteiger charge is 2.35. The number of carbonyl (C=O) groups is 2. The molecule has 1 aliphatic rings. The Labute approximate surface area is 252 Å². The number of alkyl halides is 3. The Kier molecular flexibility index (Phi) is 9.63. The van der Waals surface area contributed by atoms with E-state index in [4.69, 9.17) is 5.73 Å². The van der Waals surface area contributed by atoms with Gasteiger partial charge in [-0.2, -0.15) is 18.4 Å². The third kappa shape index (κ3) is 7.84. The van der Waals surface area contributed by atoms with Crippen molar-refractivity contribution in [3.8, 4) is 22.5 Å². The van der Waals surface area contributed by atoms with Crippen molar-refractivity contribution in [2.45, 2.75) is 50.7 Å². The van der Waals surface area contributed by atoms with E-state index in [1.807, 2.05) is 0 Å². The van der Waals surface area contributed by atoms with Crippen LogP contribution in [0.3, 0.4) is 0 Å². The molecular formula is C31H33F3N8O2. The minimum Gasteiger partial charge on any atom is -0.344 e. The molecular weight excluding hydrogens is 573 g/mol. The number of anilines is 1. The number of benzene rings is 2. The summed E-state index contributed by atoms with van der Waals surface area (Å²) in [6.45, 7) is 0.639. The van der Waals surface area contributed by atoms with Crippen LogP contribution in [0, 0.1) is 11.8 Å². The van der Waals surface area contributed by atoms with Gasteiger partial charge in [0.1, 0.15) is 6.04 Å². The van der Waals surface area contributed by atoms with Crippen LogP contribution < -0.4 is 16.4 Å². The van der Waals surface area contributed by atoms with Gasteiger partial charge in [0.15, 0.2) is 5.69 Å². The lowest BCUT2D eigenvalue weighted by molar-refractivity contribution is -0.140. The van der Waals surface area contributed by atoms with Crippen LogP contribution in [0.25, 0.3) is 22.5 Å². The lowest BCUT2D eigenvalue weighted by atomic mass is 9.80. The molecule has 4 aromatic rings.